The third-order valence-electron chi connectivity index (χ3n) is 4.36. The van der Waals surface area contributed by atoms with E-state index in [1.54, 1.807) is 0 Å². The van der Waals surface area contributed by atoms with Gasteiger partial charge in [-0.1, -0.05) is 113 Å². The highest BCUT2D eigenvalue weighted by atomic mass is 127. The van der Waals surface area contributed by atoms with Gasteiger partial charge in [0, 0.05) is 5.16 Å². The summed E-state index contributed by atoms with van der Waals surface area (Å²) in [6, 6.07) is 32.8. The molecule has 0 spiro atoms. The largest absolute Gasteiger partial charge is 0.0622 e. The van der Waals surface area contributed by atoms with E-state index in [9.17, 15) is 0 Å². The van der Waals surface area contributed by atoms with Crippen molar-refractivity contribution in [2.24, 2.45) is 0 Å². The lowest BCUT2D eigenvalue weighted by molar-refractivity contribution is 0.573. The lowest BCUT2D eigenvalue weighted by atomic mass is 9.86. The maximum absolute atomic E-state index is 2.61. The van der Waals surface area contributed by atoms with Gasteiger partial charge in [0.2, 0.25) is 0 Å². The van der Waals surface area contributed by atoms with Crippen LogP contribution in [0, 0.1) is 0 Å². The van der Waals surface area contributed by atoms with Gasteiger partial charge in [0.25, 0.3) is 0 Å². The van der Waals surface area contributed by atoms with Crippen LogP contribution in [0.25, 0.3) is 0 Å². The minimum Gasteiger partial charge on any atom is -0.0622 e. The van der Waals surface area contributed by atoms with Gasteiger partial charge in [0.1, 0.15) is 0 Å². The van der Waals surface area contributed by atoms with E-state index < -0.39 is 0 Å². The summed E-state index contributed by atoms with van der Waals surface area (Å²) in [6.45, 7) is 0. The standard InChI is InChI=1S/C22H22IP/c23-24-22(16-19-10-4-1-5-11-19,17-20-12-6-2-7-13-20)18-21-14-8-3-9-15-21/h1-15,24H,16-18H2. The molecule has 0 aliphatic rings. The van der Waals surface area contributed by atoms with E-state index >= 15 is 0 Å². The van der Waals surface area contributed by atoms with Crippen molar-refractivity contribution >= 4 is 28.3 Å². The van der Waals surface area contributed by atoms with Gasteiger partial charge in [0.05, 0.1) is 0 Å². The summed E-state index contributed by atoms with van der Waals surface area (Å²) in [5.41, 5.74) is 4.32. The topological polar surface area (TPSA) is 0 Å². The molecular weight excluding hydrogens is 422 g/mol. The van der Waals surface area contributed by atoms with Gasteiger partial charge in [-0.3, -0.25) is 0 Å². The highest BCUT2D eigenvalue weighted by Gasteiger charge is 2.30. The van der Waals surface area contributed by atoms with Crippen LogP contribution in [0.3, 0.4) is 0 Å². The first-order valence-electron chi connectivity index (χ1n) is 8.29. The Bertz CT molecular complexity index is 624. The van der Waals surface area contributed by atoms with Crippen molar-refractivity contribution in [1.82, 2.24) is 0 Å². The van der Waals surface area contributed by atoms with E-state index in [4.69, 9.17) is 0 Å². The molecule has 0 bridgehead atoms. The molecule has 0 saturated carbocycles. The zero-order valence-electron chi connectivity index (χ0n) is 13.7. The number of benzene rings is 3. The van der Waals surface area contributed by atoms with Crippen molar-refractivity contribution in [3.63, 3.8) is 0 Å². The Morgan fingerprint density at radius 3 is 1.08 bits per heavy atom. The smallest absolute Gasteiger partial charge is 0.00893 e. The Kier molecular flexibility index (Phi) is 6.45. The summed E-state index contributed by atoms with van der Waals surface area (Å²) in [6.07, 6.45) is 4.24. The van der Waals surface area contributed by atoms with Gasteiger partial charge in [-0.25, -0.2) is 0 Å². The van der Waals surface area contributed by atoms with Crippen molar-refractivity contribution < 1.29 is 0 Å². The Morgan fingerprint density at radius 1 is 0.542 bits per heavy atom. The van der Waals surface area contributed by atoms with Crippen molar-refractivity contribution in [2.75, 3.05) is 0 Å². The molecule has 0 amide bonds. The average molecular weight is 444 g/mol. The molecule has 3 aromatic rings. The molecule has 1 atom stereocenters. The van der Waals surface area contributed by atoms with Gasteiger partial charge in [-0.05, 0) is 42.2 Å². The van der Waals surface area contributed by atoms with Crippen LogP contribution in [-0.4, -0.2) is 5.16 Å². The molecule has 24 heavy (non-hydrogen) atoms. The van der Waals surface area contributed by atoms with Crippen LogP contribution in [0.1, 0.15) is 16.7 Å². The molecule has 1 unspecified atom stereocenters. The van der Waals surface area contributed by atoms with Crippen LogP contribution in [-0.2, 0) is 19.3 Å². The monoisotopic (exact) mass is 444 g/mol. The molecule has 0 aromatic heterocycles. The summed E-state index contributed by atoms with van der Waals surface area (Å²) >= 11 is 2.61. The van der Waals surface area contributed by atoms with Crippen molar-refractivity contribution in [1.29, 1.82) is 0 Å². The summed E-state index contributed by atoms with van der Waals surface area (Å²) in [7, 11) is 0. The fraction of sp³-hybridized carbons (Fsp3) is 0.182. The molecular formula is C22H22IP. The average Bonchev–Trinajstić information content (AvgIpc) is 2.64. The number of hydrogen-bond donors (Lipinski definition) is 0. The second kappa shape index (κ2) is 8.78. The lowest BCUT2D eigenvalue weighted by Gasteiger charge is -2.33. The molecule has 0 heterocycles. The first kappa shape index (κ1) is 17.6. The highest BCUT2D eigenvalue weighted by molar-refractivity contribution is 14.2. The van der Waals surface area contributed by atoms with E-state index in [0.717, 1.165) is 25.5 Å². The number of halogens is 1. The van der Waals surface area contributed by atoms with Gasteiger partial charge >= 0.3 is 0 Å². The second-order valence-corrected chi connectivity index (χ2v) is 9.23. The fourth-order valence-electron chi connectivity index (χ4n) is 3.25. The molecule has 0 fully saturated rings. The van der Waals surface area contributed by atoms with Gasteiger partial charge in [-0.2, -0.15) is 0 Å². The third kappa shape index (κ3) is 4.91. The summed E-state index contributed by atoms with van der Waals surface area (Å²) < 4.78 is 0. The van der Waals surface area contributed by atoms with Crippen molar-refractivity contribution in [3.05, 3.63) is 108 Å². The van der Waals surface area contributed by atoms with Crippen molar-refractivity contribution in [2.45, 2.75) is 24.4 Å². The van der Waals surface area contributed by atoms with Gasteiger partial charge in [-0.15, -0.1) is 0 Å². The molecule has 0 aliphatic carbocycles. The maximum Gasteiger partial charge on any atom is 0.00893 e. The molecule has 0 aliphatic heterocycles. The molecule has 0 nitrogen and oxygen atoms in total. The molecule has 0 saturated heterocycles. The van der Waals surface area contributed by atoms with Gasteiger partial charge < -0.3 is 0 Å². The van der Waals surface area contributed by atoms with Crippen LogP contribution in [0.5, 0.6) is 0 Å². The predicted molar refractivity (Wildman–Crippen MR) is 116 cm³/mol. The Hall–Kier alpha value is -1.18. The molecule has 2 heteroatoms. The summed E-state index contributed by atoms with van der Waals surface area (Å²) in [5.74, 6) is 0. The second-order valence-electron chi connectivity index (χ2n) is 6.36. The van der Waals surface area contributed by atoms with Crippen LogP contribution >= 0.6 is 28.3 Å². The summed E-state index contributed by atoms with van der Waals surface area (Å²) in [5, 5.41) is 0.268. The molecule has 122 valence electrons. The number of hydrogen-bond acceptors (Lipinski definition) is 0. The van der Waals surface area contributed by atoms with E-state index in [0.29, 0.717) is 0 Å². The Morgan fingerprint density at radius 2 is 0.833 bits per heavy atom. The Labute approximate surface area is 160 Å². The fourth-order valence-corrected chi connectivity index (χ4v) is 5.78. The normalized spacial score (nSPS) is 11.9. The summed E-state index contributed by atoms with van der Waals surface area (Å²) in [4.78, 5) is 0. The SMILES string of the molecule is IPC(Cc1ccccc1)(Cc1ccccc1)Cc1ccccc1. The molecule has 0 N–H and O–H groups in total. The third-order valence-corrected chi connectivity index (χ3v) is 8.72. The molecule has 0 radical (unpaired) electrons. The minimum atomic E-state index is 0.268. The quantitative estimate of drug-likeness (QED) is 0.289. The van der Waals surface area contributed by atoms with Gasteiger partial charge in [0.15, 0.2) is 0 Å². The predicted octanol–water partition coefficient (Wildman–Crippen LogP) is 6.48. The van der Waals surface area contributed by atoms with Crippen LogP contribution < -0.4 is 0 Å². The highest BCUT2D eigenvalue weighted by Crippen LogP contribution is 2.46. The minimum absolute atomic E-state index is 0.268. The van der Waals surface area contributed by atoms with Crippen LogP contribution in [0.2, 0.25) is 0 Å². The van der Waals surface area contributed by atoms with Crippen LogP contribution in [0.4, 0.5) is 0 Å². The van der Waals surface area contributed by atoms with E-state index in [2.05, 4.69) is 113 Å². The van der Waals surface area contributed by atoms with E-state index in [1.807, 2.05) is 0 Å². The number of rotatable bonds is 7. The zero-order valence-corrected chi connectivity index (χ0v) is 16.8. The molecule has 3 rings (SSSR count). The first-order valence-corrected chi connectivity index (χ1v) is 12.4. The Balaban J connectivity index is 1.91. The van der Waals surface area contributed by atoms with E-state index in [-0.39, 0.29) is 5.16 Å². The van der Waals surface area contributed by atoms with E-state index in [1.165, 1.54) is 16.7 Å². The maximum atomic E-state index is 2.61. The lowest BCUT2D eigenvalue weighted by Crippen LogP contribution is -2.31. The molecule has 3 aromatic carbocycles. The zero-order chi connectivity index (χ0) is 16.7. The first-order chi connectivity index (χ1) is 11.8. The van der Waals surface area contributed by atoms with Crippen molar-refractivity contribution in [3.8, 4) is 0 Å². The van der Waals surface area contributed by atoms with Crippen LogP contribution in [0.15, 0.2) is 91.0 Å².